The Hall–Kier alpha value is -0.840. The molecule has 1 N–H and O–H groups in total. The van der Waals surface area contributed by atoms with Crippen molar-refractivity contribution in [1.82, 2.24) is 10.5 Å². The number of rotatable bonds is 3. The maximum Gasteiger partial charge on any atom is 0.236 e. The van der Waals surface area contributed by atoms with Crippen LogP contribution in [0, 0.1) is 0 Å². The number of alkyl halides is 1. The molecule has 72 valence electrons. The van der Waals surface area contributed by atoms with Crippen molar-refractivity contribution in [2.24, 2.45) is 0 Å². The van der Waals surface area contributed by atoms with Gasteiger partial charge in [-0.05, 0) is 13.8 Å². The first kappa shape index (κ1) is 10.2. The van der Waals surface area contributed by atoms with Crippen molar-refractivity contribution < 1.29 is 9.32 Å². The summed E-state index contributed by atoms with van der Waals surface area (Å²) in [4.78, 5) is 11.3. The number of nitrogens with zero attached hydrogens (tertiary/aromatic N) is 1. The van der Waals surface area contributed by atoms with Gasteiger partial charge in [-0.3, -0.25) is 4.79 Å². The zero-order valence-corrected chi connectivity index (χ0v) is 9.09. The van der Waals surface area contributed by atoms with E-state index in [0.717, 1.165) is 0 Å². The first-order valence-electron chi connectivity index (χ1n) is 3.86. The summed E-state index contributed by atoms with van der Waals surface area (Å²) in [5.74, 6) is -0.0736. The molecule has 0 fully saturated rings. The van der Waals surface area contributed by atoms with Gasteiger partial charge in [0.1, 0.15) is 12.0 Å². The molecule has 1 heterocycles. The predicted molar refractivity (Wildman–Crippen MR) is 51.4 cm³/mol. The zero-order chi connectivity index (χ0) is 9.90. The highest BCUT2D eigenvalue weighted by Crippen LogP contribution is 2.15. The normalized spacial score (nSPS) is 11.3. The van der Waals surface area contributed by atoms with Crippen LogP contribution >= 0.6 is 15.9 Å². The smallest absolute Gasteiger partial charge is 0.236 e. The van der Waals surface area contributed by atoms with E-state index in [4.69, 9.17) is 0 Å². The standard InChI is InChI=1S/C8H11BrN2O2/c1-8(2,9)7(12)10-5-6-3-4-13-11-6/h3-4H,5H2,1-2H3,(H,10,12). The predicted octanol–water partition coefficient (Wildman–Crippen LogP) is 1.46. The van der Waals surface area contributed by atoms with Crippen molar-refractivity contribution in [3.05, 3.63) is 18.0 Å². The van der Waals surface area contributed by atoms with Gasteiger partial charge in [-0.25, -0.2) is 0 Å². The molecule has 1 aromatic rings. The van der Waals surface area contributed by atoms with Gasteiger partial charge in [0, 0.05) is 6.07 Å². The lowest BCUT2D eigenvalue weighted by Crippen LogP contribution is -2.37. The molecule has 0 bridgehead atoms. The van der Waals surface area contributed by atoms with Crippen LogP contribution in [0.15, 0.2) is 16.9 Å². The highest BCUT2D eigenvalue weighted by Gasteiger charge is 2.22. The average molecular weight is 247 g/mol. The lowest BCUT2D eigenvalue weighted by atomic mass is 10.2. The summed E-state index contributed by atoms with van der Waals surface area (Å²) in [5, 5.41) is 6.38. The van der Waals surface area contributed by atoms with Gasteiger partial charge in [0.05, 0.1) is 10.9 Å². The molecular weight excluding hydrogens is 236 g/mol. The molecule has 1 rings (SSSR count). The van der Waals surface area contributed by atoms with Crippen LogP contribution in [-0.2, 0) is 11.3 Å². The molecule has 1 aromatic heterocycles. The third-order valence-corrected chi connectivity index (χ3v) is 1.82. The number of aromatic nitrogens is 1. The molecule has 13 heavy (non-hydrogen) atoms. The van der Waals surface area contributed by atoms with E-state index in [-0.39, 0.29) is 5.91 Å². The second-order valence-electron chi connectivity index (χ2n) is 3.15. The molecule has 0 aliphatic rings. The first-order valence-corrected chi connectivity index (χ1v) is 4.66. The first-order chi connectivity index (χ1) is 6.00. The van der Waals surface area contributed by atoms with Gasteiger partial charge in [0.2, 0.25) is 5.91 Å². The number of carbonyl (C=O) groups excluding carboxylic acids is 1. The molecule has 0 saturated heterocycles. The maximum absolute atomic E-state index is 11.3. The van der Waals surface area contributed by atoms with Crippen molar-refractivity contribution in [3.8, 4) is 0 Å². The summed E-state index contributed by atoms with van der Waals surface area (Å²) in [6.45, 7) is 3.96. The van der Waals surface area contributed by atoms with Crippen LogP contribution in [-0.4, -0.2) is 15.4 Å². The van der Waals surface area contributed by atoms with Gasteiger partial charge >= 0.3 is 0 Å². The summed E-state index contributed by atoms with van der Waals surface area (Å²) < 4.78 is 4.07. The molecule has 4 nitrogen and oxygen atoms in total. The summed E-state index contributed by atoms with van der Waals surface area (Å²) in [6, 6.07) is 1.71. The van der Waals surface area contributed by atoms with Gasteiger partial charge in [-0.15, -0.1) is 0 Å². The van der Waals surface area contributed by atoms with Crippen LogP contribution in [0.4, 0.5) is 0 Å². The van der Waals surface area contributed by atoms with E-state index in [0.29, 0.717) is 12.2 Å². The zero-order valence-electron chi connectivity index (χ0n) is 7.50. The Morgan fingerprint density at radius 2 is 2.46 bits per heavy atom. The Kier molecular flexibility index (Phi) is 3.08. The SMILES string of the molecule is CC(C)(Br)C(=O)NCc1ccon1. The third kappa shape index (κ3) is 3.18. The minimum absolute atomic E-state index is 0.0736. The van der Waals surface area contributed by atoms with E-state index in [1.54, 1.807) is 19.9 Å². The molecule has 1 amide bonds. The molecule has 0 saturated carbocycles. The monoisotopic (exact) mass is 246 g/mol. The van der Waals surface area contributed by atoms with Gasteiger partial charge in [-0.2, -0.15) is 0 Å². The minimum atomic E-state index is -0.545. The van der Waals surface area contributed by atoms with Crippen molar-refractivity contribution in [3.63, 3.8) is 0 Å². The van der Waals surface area contributed by atoms with Crippen molar-refractivity contribution >= 4 is 21.8 Å². The molecular formula is C8H11BrN2O2. The molecule has 5 heteroatoms. The van der Waals surface area contributed by atoms with E-state index < -0.39 is 4.32 Å². The summed E-state index contributed by atoms with van der Waals surface area (Å²) >= 11 is 3.25. The third-order valence-electron chi connectivity index (χ3n) is 1.46. The molecule has 0 aliphatic carbocycles. The topological polar surface area (TPSA) is 55.1 Å². The fourth-order valence-corrected chi connectivity index (χ4v) is 0.850. The highest BCUT2D eigenvalue weighted by atomic mass is 79.9. The second kappa shape index (κ2) is 3.91. The highest BCUT2D eigenvalue weighted by molar-refractivity contribution is 9.10. The lowest BCUT2D eigenvalue weighted by molar-refractivity contribution is -0.122. The number of carbonyl (C=O) groups is 1. The maximum atomic E-state index is 11.3. The quantitative estimate of drug-likeness (QED) is 0.822. The van der Waals surface area contributed by atoms with Gasteiger partial charge in [0.25, 0.3) is 0 Å². The van der Waals surface area contributed by atoms with E-state index in [2.05, 4.69) is 30.9 Å². The van der Waals surface area contributed by atoms with Crippen molar-refractivity contribution in [1.29, 1.82) is 0 Å². The molecule has 0 aromatic carbocycles. The van der Waals surface area contributed by atoms with Gasteiger partial charge < -0.3 is 9.84 Å². The van der Waals surface area contributed by atoms with E-state index >= 15 is 0 Å². The van der Waals surface area contributed by atoms with Gasteiger partial charge in [-0.1, -0.05) is 21.1 Å². The Bertz CT molecular complexity index is 277. The molecule has 0 spiro atoms. The second-order valence-corrected chi connectivity index (χ2v) is 5.13. The number of amides is 1. The van der Waals surface area contributed by atoms with Crippen LogP contribution in [0.5, 0.6) is 0 Å². The van der Waals surface area contributed by atoms with Crippen molar-refractivity contribution in [2.75, 3.05) is 0 Å². The van der Waals surface area contributed by atoms with E-state index in [1.165, 1.54) is 6.26 Å². The molecule has 0 radical (unpaired) electrons. The van der Waals surface area contributed by atoms with Gasteiger partial charge in [0.15, 0.2) is 0 Å². The largest absolute Gasteiger partial charge is 0.364 e. The molecule has 0 aliphatic heterocycles. The van der Waals surface area contributed by atoms with Crippen LogP contribution in [0.1, 0.15) is 19.5 Å². The van der Waals surface area contributed by atoms with Crippen LogP contribution in [0.3, 0.4) is 0 Å². The number of nitrogens with one attached hydrogen (secondary N) is 1. The van der Waals surface area contributed by atoms with Crippen molar-refractivity contribution in [2.45, 2.75) is 24.7 Å². The van der Waals surface area contributed by atoms with Crippen LogP contribution in [0.2, 0.25) is 0 Å². The summed E-state index contributed by atoms with van der Waals surface area (Å²) in [5.41, 5.74) is 0.713. The van der Waals surface area contributed by atoms with Crippen LogP contribution in [0.25, 0.3) is 0 Å². The van der Waals surface area contributed by atoms with E-state index in [1.807, 2.05) is 0 Å². The Morgan fingerprint density at radius 3 is 2.92 bits per heavy atom. The lowest BCUT2D eigenvalue weighted by Gasteiger charge is -2.14. The minimum Gasteiger partial charge on any atom is -0.364 e. The number of halogens is 1. The Balaban J connectivity index is 2.40. The molecule has 0 unspecified atom stereocenters. The van der Waals surface area contributed by atoms with E-state index in [9.17, 15) is 4.79 Å². The molecule has 0 atom stereocenters. The summed E-state index contributed by atoms with van der Waals surface area (Å²) in [7, 11) is 0. The number of hydrogen-bond acceptors (Lipinski definition) is 3. The Labute approximate surface area is 84.8 Å². The Morgan fingerprint density at radius 1 is 1.77 bits per heavy atom. The van der Waals surface area contributed by atoms with Crippen LogP contribution < -0.4 is 5.32 Å². The number of hydrogen-bond donors (Lipinski definition) is 1. The summed E-state index contributed by atoms with van der Waals surface area (Å²) in [6.07, 6.45) is 1.47. The fraction of sp³-hybridized carbons (Fsp3) is 0.500. The average Bonchev–Trinajstić information content (AvgIpc) is 2.50. The fourth-order valence-electron chi connectivity index (χ4n) is 0.710.